The molecule has 1 unspecified atom stereocenters. The van der Waals surface area contributed by atoms with Crippen LogP contribution in [0.2, 0.25) is 0 Å². The predicted octanol–water partition coefficient (Wildman–Crippen LogP) is 1.50. The van der Waals surface area contributed by atoms with Gasteiger partial charge in [-0.1, -0.05) is 29.5 Å². The van der Waals surface area contributed by atoms with Gasteiger partial charge in [0.05, 0.1) is 11.9 Å². The van der Waals surface area contributed by atoms with E-state index < -0.39 is 0 Å². The molecule has 2 rings (SSSR count). The van der Waals surface area contributed by atoms with E-state index in [0.29, 0.717) is 0 Å². The van der Waals surface area contributed by atoms with Gasteiger partial charge >= 0.3 is 0 Å². The predicted molar refractivity (Wildman–Crippen MR) is 59.0 cm³/mol. The van der Waals surface area contributed by atoms with Crippen molar-refractivity contribution < 1.29 is 0 Å². The summed E-state index contributed by atoms with van der Waals surface area (Å²) in [6, 6.07) is 8.22. The molecule has 0 spiro atoms. The van der Waals surface area contributed by atoms with Gasteiger partial charge in [0, 0.05) is 18.7 Å². The summed E-state index contributed by atoms with van der Waals surface area (Å²) < 4.78 is 1.75. The second-order valence-corrected chi connectivity index (χ2v) is 3.65. The molecular formula is C11H14N4. The van der Waals surface area contributed by atoms with Crippen molar-refractivity contribution in [2.75, 3.05) is 0 Å². The SMILES string of the molecule is CC(N)c1ccc(-c2cnnn2C)cc1. The summed E-state index contributed by atoms with van der Waals surface area (Å²) in [6.45, 7) is 1.97. The second kappa shape index (κ2) is 3.82. The molecule has 0 bridgehead atoms. The summed E-state index contributed by atoms with van der Waals surface area (Å²) in [7, 11) is 1.88. The van der Waals surface area contributed by atoms with E-state index in [-0.39, 0.29) is 6.04 Å². The van der Waals surface area contributed by atoms with Crippen molar-refractivity contribution in [2.45, 2.75) is 13.0 Å². The minimum Gasteiger partial charge on any atom is -0.324 e. The highest BCUT2D eigenvalue weighted by Gasteiger charge is 2.04. The molecule has 4 nitrogen and oxygen atoms in total. The molecule has 0 amide bonds. The maximum absolute atomic E-state index is 5.78. The van der Waals surface area contributed by atoms with E-state index in [1.807, 2.05) is 38.2 Å². The molecule has 0 saturated heterocycles. The van der Waals surface area contributed by atoms with Crippen LogP contribution in [-0.2, 0) is 7.05 Å². The van der Waals surface area contributed by atoms with E-state index >= 15 is 0 Å². The van der Waals surface area contributed by atoms with E-state index in [2.05, 4.69) is 10.3 Å². The van der Waals surface area contributed by atoms with Crippen molar-refractivity contribution in [3.05, 3.63) is 36.0 Å². The topological polar surface area (TPSA) is 56.7 Å². The summed E-state index contributed by atoms with van der Waals surface area (Å²) in [4.78, 5) is 0. The first-order valence-electron chi connectivity index (χ1n) is 4.89. The van der Waals surface area contributed by atoms with Gasteiger partial charge in [-0.2, -0.15) is 0 Å². The van der Waals surface area contributed by atoms with Gasteiger partial charge < -0.3 is 5.73 Å². The van der Waals surface area contributed by atoms with Gasteiger partial charge in [0.25, 0.3) is 0 Å². The Balaban J connectivity index is 2.36. The molecular weight excluding hydrogens is 188 g/mol. The highest BCUT2D eigenvalue weighted by molar-refractivity contribution is 5.58. The van der Waals surface area contributed by atoms with Gasteiger partial charge in [-0.15, -0.1) is 5.10 Å². The molecule has 1 aromatic heterocycles. The van der Waals surface area contributed by atoms with Crippen LogP contribution in [0.1, 0.15) is 18.5 Å². The normalized spacial score (nSPS) is 12.7. The van der Waals surface area contributed by atoms with Crippen molar-refractivity contribution in [2.24, 2.45) is 12.8 Å². The number of aryl methyl sites for hydroxylation is 1. The van der Waals surface area contributed by atoms with Gasteiger partial charge in [0.1, 0.15) is 0 Å². The molecule has 2 aromatic rings. The lowest BCUT2D eigenvalue weighted by molar-refractivity contribution is 0.720. The third-order valence-electron chi connectivity index (χ3n) is 2.45. The first-order valence-corrected chi connectivity index (χ1v) is 4.89. The van der Waals surface area contributed by atoms with E-state index in [4.69, 9.17) is 5.73 Å². The fourth-order valence-corrected chi connectivity index (χ4v) is 1.51. The Hall–Kier alpha value is -1.68. The van der Waals surface area contributed by atoms with Crippen LogP contribution in [0.4, 0.5) is 0 Å². The zero-order valence-corrected chi connectivity index (χ0v) is 8.88. The molecule has 1 atom stereocenters. The fourth-order valence-electron chi connectivity index (χ4n) is 1.51. The quantitative estimate of drug-likeness (QED) is 0.803. The lowest BCUT2D eigenvalue weighted by atomic mass is 10.1. The van der Waals surface area contributed by atoms with Crippen LogP contribution in [0.3, 0.4) is 0 Å². The van der Waals surface area contributed by atoms with Crippen LogP contribution in [-0.4, -0.2) is 15.0 Å². The maximum atomic E-state index is 5.78. The van der Waals surface area contributed by atoms with Crippen LogP contribution in [0.15, 0.2) is 30.5 Å². The lowest BCUT2D eigenvalue weighted by Gasteiger charge is -2.06. The van der Waals surface area contributed by atoms with E-state index in [0.717, 1.165) is 16.8 Å². The van der Waals surface area contributed by atoms with Crippen LogP contribution >= 0.6 is 0 Å². The van der Waals surface area contributed by atoms with Crippen LogP contribution in [0.5, 0.6) is 0 Å². The van der Waals surface area contributed by atoms with Gasteiger partial charge in [0.15, 0.2) is 0 Å². The smallest absolute Gasteiger partial charge is 0.0882 e. The first-order chi connectivity index (χ1) is 7.18. The summed E-state index contributed by atoms with van der Waals surface area (Å²) in [5.74, 6) is 0. The summed E-state index contributed by atoms with van der Waals surface area (Å²) in [5, 5.41) is 7.74. The molecule has 15 heavy (non-hydrogen) atoms. The Kier molecular flexibility index (Phi) is 2.51. The molecule has 4 heteroatoms. The number of benzene rings is 1. The van der Waals surface area contributed by atoms with Crippen molar-refractivity contribution in [1.29, 1.82) is 0 Å². The number of aromatic nitrogens is 3. The highest BCUT2D eigenvalue weighted by atomic mass is 15.4. The van der Waals surface area contributed by atoms with Gasteiger partial charge in [-0.05, 0) is 12.5 Å². The number of nitrogens with two attached hydrogens (primary N) is 1. The Bertz CT molecular complexity index is 442. The van der Waals surface area contributed by atoms with Gasteiger partial charge in [-0.25, -0.2) is 4.68 Å². The summed E-state index contributed by atoms with van der Waals surface area (Å²) >= 11 is 0. The Morgan fingerprint density at radius 1 is 1.27 bits per heavy atom. The second-order valence-electron chi connectivity index (χ2n) is 3.65. The summed E-state index contributed by atoms with van der Waals surface area (Å²) in [5.41, 5.74) is 9.03. The molecule has 78 valence electrons. The number of nitrogens with zero attached hydrogens (tertiary/aromatic N) is 3. The molecule has 2 N–H and O–H groups in total. The Morgan fingerprint density at radius 2 is 1.93 bits per heavy atom. The molecule has 0 fully saturated rings. The monoisotopic (exact) mass is 202 g/mol. The van der Waals surface area contributed by atoms with Crippen LogP contribution in [0.25, 0.3) is 11.3 Å². The maximum Gasteiger partial charge on any atom is 0.0882 e. The van der Waals surface area contributed by atoms with E-state index in [9.17, 15) is 0 Å². The van der Waals surface area contributed by atoms with Gasteiger partial charge in [0.2, 0.25) is 0 Å². The largest absolute Gasteiger partial charge is 0.324 e. The zero-order valence-electron chi connectivity index (χ0n) is 8.88. The fraction of sp³-hybridized carbons (Fsp3) is 0.273. The van der Waals surface area contributed by atoms with Crippen LogP contribution < -0.4 is 5.73 Å². The van der Waals surface area contributed by atoms with Crippen molar-refractivity contribution >= 4 is 0 Å². The minimum atomic E-state index is 0.0729. The average Bonchev–Trinajstić information content (AvgIpc) is 2.65. The average molecular weight is 202 g/mol. The first kappa shape index (κ1) is 9.86. The molecule has 0 aliphatic carbocycles. The summed E-state index contributed by atoms with van der Waals surface area (Å²) in [6.07, 6.45) is 1.75. The molecule has 1 heterocycles. The third-order valence-corrected chi connectivity index (χ3v) is 2.45. The van der Waals surface area contributed by atoms with Crippen molar-refractivity contribution in [1.82, 2.24) is 15.0 Å². The number of hydrogen-bond donors (Lipinski definition) is 1. The Labute approximate surface area is 88.7 Å². The Morgan fingerprint density at radius 3 is 2.40 bits per heavy atom. The third kappa shape index (κ3) is 1.89. The highest BCUT2D eigenvalue weighted by Crippen LogP contribution is 2.19. The van der Waals surface area contributed by atoms with Crippen molar-refractivity contribution in [3.63, 3.8) is 0 Å². The number of hydrogen-bond acceptors (Lipinski definition) is 3. The zero-order chi connectivity index (χ0) is 10.8. The van der Waals surface area contributed by atoms with E-state index in [1.165, 1.54) is 0 Å². The molecule has 0 saturated carbocycles. The van der Waals surface area contributed by atoms with Crippen LogP contribution in [0, 0.1) is 0 Å². The molecule has 0 aliphatic rings. The molecule has 0 radical (unpaired) electrons. The van der Waals surface area contributed by atoms with Crippen molar-refractivity contribution in [3.8, 4) is 11.3 Å². The van der Waals surface area contributed by atoms with Gasteiger partial charge in [-0.3, -0.25) is 0 Å². The number of rotatable bonds is 2. The van der Waals surface area contributed by atoms with E-state index in [1.54, 1.807) is 10.9 Å². The standard InChI is InChI=1S/C11H14N4/c1-8(12)9-3-5-10(6-4-9)11-7-13-14-15(11)2/h3-8H,12H2,1-2H3. The lowest BCUT2D eigenvalue weighted by Crippen LogP contribution is -2.04. The molecule has 1 aromatic carbocycles. The molecule has 0 aliphatic heterocycles. The minimum absolute atomic E-state index is 0.0729.